The quantitative estimate of drug-likeness (QED) is 0.802. The lowest BCUT2D eigenvalue weighted by molar-refractivity contribution is -0.114. The van der Waals surface area contributed by atoms with Crippen molar-refractivity contribution in [3.05, 3.63) is 52.5 Å². The largest absolute Gasteiger partial charge is 0.495 e. The lowest BCUT2D eigenvalue weighted by atomic mass is 10.3. The lowest BCUT2D eigenvalue weighted by Crippen LogP contribution is -2.37. The molecule has 2 rings (SSSR count). The van der Waals surface area contributed by atoms with Crippen LogP contribution in [0, 0.1) is 0 Å². The maximum atomic E-state index is 12.3. The average molecular weight is 403 g/mol. The number of halogens is 2. The van der Waals surface area contributed by atoms with Crippen LogP contribution in [0.5, 0.6) is 5.75 Å². The van der Waals surface area contributed by atoms with E-state index in [0.717, 1.165) is 10.6 Å². The van der Waals surface area contributed by atoms with Gasteiger partial charge in [0.05, 0.1) is 29.1 Å². The Hall–Kier alpha value is -1.96. The van der Waals surface area contributed by atoms with Gasteiger partial charge in [-0.2, -0.15) is 0 Å². The van der Waals surface area contributed by atoms with Gasteiger partial charge in [-0.3, -0.25) is 9.10 Å². The van der Waals surface area contributed by atoms with Crippen LogP contribution in [-0.4, -0.2) is 34.2 Å². The average Bonchev–Trinajstić information content (AvgIpc) is 2.55. The molecule has 0 aliphatic rings. The van der Waals surface area contributed by atoms with Gasteiger partial charge in [0, 0.05) is 5.69 Å². The molecule has 0 fully saturated rings. The van der Waals surface area contributed by atoms with Crippen LogP contribution >= 0.6 is 23.2 Å². The molecule has 0 unspecified atom stereocenters. The van der Waals surface area contributed by atoms with Gasteiger partial charge in [-0.15, -0.1) is 0 Å². The number of nitrogens with zero attached hydrogens (tertiary/aromatic N) is 1. The van der Waals surface area contributed by atoms with Gasteiger partial charge in [-0.05, 0) is 30.3 Å². The molecule has 0 saturated heterocycles. The molecule has 0 spiro atoms. The molecule has 0 aromatic heterocycles. The van der Waals surface area contributed by atoms with E-state index in [1.165, 1.54) is 19.2 Å². The van der Waals surface area contributed by atoms with E-state index in [9.17, 15) is 13.2 Å². The summed E-state index contributed by atoms with van der Waals surface area (Å²) in [6.07, 6.45) is 1.02. The standard InChI is InChI=1S/C16H16Cl2N2O4S/c1-24-15-6-4-3-5-14(15)20(25(2,22)23)10-16(21)19-11-7-8-12(17)13(18)9-11/h3-9H,10H2,1-2H3,(H,19,21). The van der Waals surface area contributed by atoms with Crippen molar-refractivity contribution >= 4 is 50.5 Å². The number of carbonyl (C=O) groups is 1. The van der Waals surface area contributed by atoms with E-state index in [1.54, 1.807) is 30.3 Å². The number of ether oxygens (including phenoxy) is 1. The van der Waals surface area contributed by atoms with Crippen molar-refractivity contribution in [3.63, 3.8) is 0 Å². The molecular formula is C16H16Cl2N2O4S. The Morgan fingerprint density at radius 3 is 2.44 bits per heavy atom. The van der Waals surface area contributed by atoms with Crippen molar-refractivity contribution in [2.24, 2.45) is 0 Å². The number of sulfonamides is 1. The molecule has 134 valence electrons. The van der Waals surface area contributed by atoms with Gasteiger partial charge in [0.1, 0.15) is 12.3 Å². The molecule has 0 aliphatic carbocycles. The molecule has 9 heteroatoms. The van der Waals surface area contributed by atoms with Crippen molar-refractivity contribution in [1.82, 2.24) is 0 Å². The number of para-hydroxylation sites is 2. The fourth-order valence-corrected chi connectivity index (χ4v) is 3.28. The van der Waals surface area contributed by atoms with E-state index in [1.807, 2.05) is 0 Å². The van der Waals surface area contributed by atoms with Gasteiger partial charge in [-0.25, -0.2) is 8.42 Å². The summed E-state index contributed by atoms with van der Waals surface area (Å²) in [7, 11) is -2.28. The summed E-state index contributed by atoms with van der Waals surface area (Å²) in [6, 6.07) is 11.1. The molecule has 0 radical (unpaired) electrons. The van der Waals surface area contributed by atoms with E-state index in [2.05, 4.69) is 5.32 Å². The molecule has 0 heterocycles. The van der Waals surface area contributed by atoms with Crippen molar-refractivity contribution in [2.75, 3.05) is 29.5 Å². The fraction of sp³-hybridized carbons (Fsp3) is 0.188. The second-order valence-corrected chi connectivity index (χ2v) is 7.84. The molecule has 6 nitrogen and oxygen atoms in total. The summed E-state index contributed by atoms with van der Waals surface area (Å²) >= 11 is 11.7. The summed E-state index contributed by atoms with van der Waals surface area (Å²) in [5, 5.41) is 3.23. The van der Waals surface area contributed by atoms with Crippen LogP contribution in [0.3, 0.4) is 0 Å². The van der Waals surface area contributed by atoms with Crippen molar-refractivity contribution in [3.8, 4) is 5.75 Å². The van der Waals surface area contributed by atoms with Gasteiger partial charge in [0.2, 0.25) is 15.9 Å². The number of nitrogens with one attached hydrogen (secondary N) is 1. The molecule has 25 heavy (non-hydrogen) atoms. The van der Waals surface area contributed by atoms with Crippen LogP contribution in [0.4, 0.5) is 11.4 Å². The topological polar surface area (TPSA) is 75.7 Å². The molecule has 1 amide bonds. The summed E-state index contributed by atoms with van der Waals surface area (Å²) in [6.45, 7) is -0.417. The first kappa shape index (κ1) is 19.4. The zero-order valence-electron chi connectivity index (χ0n) is 13.5. The van der Waals surface area contributed by atoms with Crippen LogP contribution in [0.25, 0.3) is 0 Å². The normalized spacial score (nSPS) is 11.0. The highest BCUT2D eigenvalue weighted by Crippen LogP contribution is 2.29. The van der Waals surface area contributed by atoms with Gasteiger partial charge >= 0.3 is 0 Å². The third-order valence-corrected chi connectivity index (χ3v) is 5.11. The number of benzene rings is 2. The number of hydrogen-bond acceptors (Lipinski definition) is 4. The second-order valence-electron chi connectivity index (χ2n) is 5.12. The Morgan fingerprint density at radius 2 is 1.84 bits per heavy atom. The second kappa shape index (κ2) is 7.95. The molecule has 2 aromatic rings. The number of carbonyl (C=O) groups excluding carboxylic acids is 1. The summed E-state index contributed by atoms with van der Waals surface area (Å²) in [5.74, 6) is -0.190. The zero-order valence-corrected chi connectivity index (χ0v) is 15.8. The first-order valence-corrected chi connectivity index (χ1v) is 9.68. The Balaban J connectivity index is 2.25. The highest BCUT2D eigenvalue weighted by Gasteiger charge is 2.23. The Kier molecular flexibility index (Phi) is 6.16. The number of amides is 1. The third kappa shape index (κ3) is 5.01. The zero-order chi connectivity index (χ0) is 18.6. The summed E-state index contributed by atoms with van der Waals surface area (Å²) in [5.41, 5.74) is 0.685. The number of hydrogen-bond donors (Lipinski definition) is 1. The van der Waals surface area contributed by atoms with Crippen molar-refractivity contribution in [1.29, 1.82) is 0 Å². The Bertz CT molecular complexity index is 887. The minimum Gasteiger partial charge on any atom is -0.495 e. The van der Waals surface area contributed by atoms with Gasteiger partial charge in [0.15, 0.2) is 0 Å². The molecule has 1 N–H and O–H groups in total. The van der Waals surface area contributed by atoms with E-state index < -0.39 is 22.5 Å². The maximum absolute atomic E-state index is 12.3. The maximum Gasteiger partial charge on any atom is 0.245 e. The van der Waals surface area contributed by atoms with Gasteiger partial charge in [0.25, 0.3) is 0 Å². The van der Waals surface area contributed by atoms with E-state index >= 15 is 0 Å². The van der Waals surface area contributed by atoms with E-state index in [4.69, 9.17) is 27.9 Å². The number of methoxy groups -OCH3 is 1. The predicted molar refractivity (Wildman–Crippen MR) is 100 cm³/mol. The van der Waals surface area contributed by atoms with Gasteiger partial charge < -0.3 is 10.1 Å². The summed E-state index contributed by atoms with van der Waals surface area (Å²) < 4.78 is 30.4. The van der Waals surface area contributed by atoms with Gasteiger partial charge in [-0.1, -0.05) is 35.3 Å². The molecule has 2 aromatic carbocycles. The molecule has 0 aliphatic heterocycles. The third-order valence-electron chi connectivity index (χ3n) is 3.24. The van der Waals surface area contributed by atoms with Crippen LogP contribution in [0.2, 0.25) is 10.0 Å². The monoisotopic (exact) mass is 402 g/mol. The number of rotatable bonds is 6. The minimum atomic E-state index is -3.71. The predicted octanol–water partition coefficient (Wildman–Crippen LogP) is 3.41. The molecule has 0 bridgehead atoms. The first-order valence-electron chi connectivity index (χ1n) is 7.08. The minimum absolute atomic E-state index is 0.275. The lowest BCUT2D eigenvalue weighted by Gasteiger charge is -2.23. The molecule has 0 atom stereocenters. The van der Waals surface area contributed by atoms with E-state index in [-0.39, 0.29) is 10.7 Å². The van der Waals surface area contributed by atoms with Crippen LogP contribution in [-0.2, 0) is 14.8 Å². The summed E-state index contributed by atoms with van der Waals surface area (Å²) in [4.78, 5) is 12.3. The van der Waals surface area contributed by atoms with Crippen LogP contribution in [0.15, 0.2) is 42.5 Å². The highest BCUT2D eigenvalue weighted by atomic mass is 35.5. The first-order chi connectivity index (χ1) is 11.7. The van der Waals surface area contributed by atoms with Crippen LogP contribution < -0.4 is 14.4 Å². The van der Waals surface area contributed by atoms with E-state index in [0.29, 0.717) is 16.5 Å². The highest BCUT2D eigenvalue weighted by molar-refractivity contribution is 7.92. The SMILES string of the molecule is COc1ccccc1N(CC(=O)Nc1ccc(Cl)c(Cl)c1)S(C)(=O)=O. The Morgan fingerprint density at radius 1 is 1.16 bits per heavy atom. The smallest absolute Gasteiger partial charge is 0.245 e. The molecular weight excluding hydrogens is 387 g/mol. The van der Waals surface area contributed by atoms with Crippen molar-refractivity contribution in [2.45, 2.75) is 0 Å². The van der Waals surface area contributed by atoms with Crippen LogP contribution in [0.1, 0.15) is 0 Å². The fourth-order valence-electron chi connectivity index (χ4n) is 2.12. The molecule has 0 saturated carbocycles. The number of anilines is 2. The Labute approximate surface area is 156 Å². The van der Waals surface area contributed by atoms with Crippen molar-refractivity contribution < 1.29 is 17.9 Å².